The van der Waals surface area contributed by atoms with Crippen LogP contribution in [-0.2, 0) is 13.2 Å². The fraction of sp³-hybridized carbons (Fsp3) is 0.182. The van der Waals surface area contributed by atoms with Crippen LogP contribution in [0.4, 0.5) is 13.2 Å². The summed E-state index contributed by atoms with van der Waals surface area (Å²) in [5, 5.41) is 18.4. The van der Waals surface area contributed by atoms with Crippen molar-refractivity contribution < 1.29 is 23.1 Å². The van der Waals surface area contributed by atoms with Gasteiger partial charge in [-0.25, -0.2) is 4.98 Å². The van der Waals surface area contributed by atoms with Crippen molar-refractivity contribution in [1.29, 1.82) is 0 Å². The summed E-state index contributed by atoms with van der Waals surface area (Å²) >= 11 is 1.16. The number of aromatic nitrogens is 5. The number of hydrogen-bond donors (Lipinski definition) is 2. The minimum atomic E-state index is -4.50. The van der Waals surface area contributed by atoms with Crippen LogP contribution in [0.5, 0.6) is 0 Å². The molecule has 5 aromatic rings. The number of alkyl halides is 3. The Labute approximate surface area is 194 Å². The molecule has 8 nitrogen and oxygen atoms in total. The molecule has 5 aromatic heterocycles. The maximum absolute atomic E-state index is 13.0. The molecular weight excluding hydrogens is 469 g/mol. The molecule has 0 radical (unpaired) electrons. The van der Waals surface area contributed by atoms with Gasteiger partial charge in [0.15, 0.2) is 5.65 Å². The molecule has 0 aliphatic heterocycles. The van der Waals surface area contributed by atoms with E-state index in [-0.39, 0.29) is 12.4 Å². The molecule has 1 amide bonds. The standard InChI is InChI=1S/C22H17F3N6O2S/c1-30-10-14-13-8-17(20(33)28-16(11-32)15-4-2-3-7-26-15)34-21(13)31(19(14)29-30)18-6-5-12(9-27-18)22(23,24)25/h2-10,16,32H,11H2,1H3,(H,28,33). The second-order valence-corrected chi connectivity index (χ2v) is 8.60. The van der Waals surface area contributed by atoms with Gasteiger partial charge in [-0.3, -0.25) is 19.0 Å². The maximum Gasteiger partial charge on any atom is 0.417 e. The van der Waals surface area contributed by atoms with Crippen molar-refractivity contribution in [2.24, 2.45) is 7.05 Å². The number of amides is 1. The quantitative estimate of drug-likeness (QED) is 0.393. The molecule has 12 heteroatoms. The molecule has 5 heterocycles. The average molecular weight is 486 g/mol. The Morgan fingerprint density at radius 1 is 1.21 bits per heavy atom. The minimum Gasteiger partial charge on any atom is -0.394 e. The number of carbonyl (C=O) groups excluding carboxylic acids is 1. The van der Waals surface area contributed by atoms with Gasteiger partial charge >= 0.3 is 6.18 Å². The number of nitrogens with one attached hydrogen (secondary N) is 1. The zero-order valence-corrected chi connectivity index (χ0v) is 18.4. The molecule has 0 spiro atoms. The number of carbonyl (C=O) groups is 1. The number of aliphatic hydroxyl groups is 1. The van der Waals surface area contributed by atoms with E-state index in [1.54, 1.807) is 53.0 Å². The molecule has 0 saturated heterocycles. The molecule has 0 bridgehead atoms. The Bertz CT molecular complexity index is 1490. The first-order valence-corrected chi connectivity index (χ1v) is 10.9. The maximum atomic E-state index is 13.0. The lowest BCUT2D eigenvalue weighted by atomic mass is 10.2. The van der Waals surface area contributed by atoms with Crippen LogP contribution in [0.3, 0.4) is 0 Å². The molecule has 0 aliphatic rings. The van der Waals surface area contributed by atoms with Crippen LogP contribution in [0, 0.1) is 0 Å². The number of fused-ring (bicyclic) bond motifs is 3. The molecular formula is C22H17F3N6O2S. The molecule has 1 atom stereocenters. The predicted octanol–water partition coefficient (Wildman–Crippen LogP) is 3.85. The van der Waals surface area contributed by atoms with Gasteiger partial charge in [-0.15, -0.1) is 11.3 Å². The van der Waals surface area contributed by atoms with Crippen LogP contribution in [0.1, 0.15) is 27.0 Å². The van der Waals surface area contributed by atoms with Gasteiger partial charge < -0.3 is 10.4 Å². The zero-order valence-electron chi connectivity index (χ0n) is 17.6. The number of rotatable bonds is 5. The van der Waals surface area contributed by atoms with Gasteiger partial charge in [0.05, 0.1) is 28.8 Å². The number of halogens is 3. The fourth-order valence-electron chi connectivity index (χ4n) is 3.70. The molecule has 0 aromatic carbocycles. The van der Waals surface area contributed by atoms with Gasteiger partial charge in [-0.05, 0) is 30.3 Å². The molecule has 0 fully saturated rings. The first-order valence-electron chi connectivity index (χ1n) is 10.1. The summed E-state index contributed by atoms with van der Waals surface area (Å²) in [6.45, 7) is -0.331. The lowest BCUT2D eigenvalue weighted by Gasteiger charge is -2.14. The SMILES string of the molecule is Cn1cc2c3cc(C(=O)NC(CO)c4ccccn4)sc3n(-c3ccc(C(F)(F)F)cn3)c2n1. The number of hydrogen-bond acceptors (Lipinski definition) is 6. The highest BCUT2D eigenvalue weighted by atomic mass is 32.1. The highest BCUT2D eigenvalue weighted by Gasteiger charge is 2.31. The average Bonchev–Trinajstić information content (AvgIpc) is 3.48. The van der Waals surface area contributed by atoms with Gasteiger partial charge in [0.1, 0.15) is 10.6 Å². The van der Waals surface area contributed by atoms with Crippen LogP contribution in [-0.4, -0.2) is 41.9 Å². The lowest BCUT2D eigenvalue weighted by Crippen LogP contribution is -2.30. The summed E-state index contributed by atoms with van der Waals surface area (Å²) in [5.74, 6) is -0.155. The lowest BCUT2D eigenvalue weighted by molar-refractivity contribution is -0.137. The van der Waals surface area contributed by atoms with Gasteiger partial charge in [0.25, 0.3) is 5.91 Å². The van der Waals surface area contributed by atoms with Crippen molar-refractivity contribution in [3.63, 3.8) is 0 Å². The molecule has 34 heavy (non-hydrogen) atoms. The van der Waals surface area contributed by atoms with Crippen molar-refractivity contribution in [1.82, 2.24) is 29.6 Å². The van der Waals surface area contributed by atoms with Crippen LogP contribution < -0.4 is 5.32 Å². The number of nitrogens with zero attached hydrogens (tertiary/aromatic N) is 5. The summed E-state index contributed by atoms with van der Waals surface area (Å²) in [4.78, 5) is 22.2. The molecule has 1 unspecified atom stereocenters. The Morgan fingerprint density at radius 2 is 2.03 bits per heavy atom. The first-order chi connectivity index (χ1) is 16.3. The van der Waals surface area contributed by atoms with Crippen LogP contribution in [0.15, 0.2) is 55.0 Å². The van der Waals surface area contributed by atoms with Gasteiger partial charge in [0, 0.05) is 36.4 Å². The molecule has 5 rings (SSSR count). The van der Waals surface area contributed by atoms with E-state index < -0.39 is 23.7 Å². The molecule has 0 saturated carbocycles. The Morgan fingerprint density at radius 3 is 2.68 bits per heavy atom. The van der Waals surface area contributed by atoms with Crippen LogP contribution in [0.2, 0.25) is 0 Å². The van der Waals surface area contributed by atoms with Crippen LogP contribution >= 0.6 is 11.3 Å². The summed E-state index contributed by atoms with van der Waals surface area (Å²) in [7, 11) is 1.73. The third kappa shape index (κ3) is 3.80. The summed E-state index contributed by atoms with van der Waals surface area (Å²) in [6, 6.07) is 8.45. The van der Waals surface area contributed by atoms with E-state index >= 15 is 0 Å². The van der Waals surface area contributed by atoms with E-state index in [1.165, 1.54) is 6.07 Å². The molecule has 2 N–H and O–H groups in total. The van der Waals surface area contributed by atoms with E-state index in [9.17, 15) is 23.1 Å². The smallest absolute Gasteiger partial charge is 0.394 e. The third-order valence-corrected chi connectivity index (χ3v) is 6.41. The fourth-order valence-corrected chi connectivity index (χ4v) is 4.79. The Kier molecular flexibility index (Phi) is 5.33. The van der Waals surface area contributed by atoms with E-state index in [2.05, 4.69) is 20.4 Å². The summed E-state index contributed by atoms with van der Waals surface area (Å²) in [5.41, 5.74) is 0.185. The third-order valence-electron chi connectivity index (χ3n) is 5.29. The Hall–Kier alpha value is -3.77. The van der Waals surface area contributed by atoms with Crippen LogP contribution in [0.25, 0.3) is 27.1 Å². The summed E-state index contributed by atoms with van der Waals surface area (Å²) < 4.78 is 42.2. The highest BCUT2D eigenvalue weighted by molar-refractivity contribution is 7.20. The van der Waals surface area contributed by atoms with Crippen molar-refractivity contribution in [3.8, 4) is 5.82 Å². The number of pyridine rings is 2. The topological polar surface area (TPSA) is 97.9 Å². The number of aryl methyl sites for hydroxylation is 1. The van der Waals surface area contributed by atoms with Gasteiger partial charge in [-0.1, -0.05) is 6.07 Å². The summed E-state index contributed by atoms with van der Waals surface area (Å²) in [6.07, 6.45) is -0.376. The van der Waals surface area contributed by atoms with Gasteiger partial charge in [0.2, 0.25) is 0 Å². The van der Waals surface area contributed by atoms with Crippen molar-refractivity contribution >= 4 is 38.5 Å². The van der Waals surface area contributed by atoms with Gasteiger partial charge in [-0.2, -0.15) is 18.3 Å². The first kappa shape index (κ1) is 22.0. The van der Waals surface area contributed by atoms with Crippen molar-refractivity contribution in [2.75, 3.05) is 6.61 Å². The predicted molar refractivity (Wildman–Crippen MR) is 120 cm³/mol. The minimum absolute atomic E-state index is 0.252. The Balaban J connectivity index is 1.56. The monoisotopic (exact) mass is 486 g/mol. The second-order valence-electron chi connectivity index (χ2n) is 7.57. The molecule has 174 valence electrons. The zero-order chi connectivity index (χ0) is 24.0. The second kappa shape index (κ2) is 8.22. The van der Waals surface area contributed by atoms with E-state index in [0.717, 1.165) is 34.4 Å². The normalized spacial score (nSPS) is 13.0. The largest absolute Gasteiger partial charge is 0.417 e. The molecule has 0 aliphatic carbocycles. The van der Waals surface area contributed by atoms with Crippen molar-refractivity contribution in [3.05, 3.63) is 71.1 Å². The van der Waals surface area contributed by atoms with E-state index in [0.29, 0.717) is 21.0 Å². The number of thiophene rings is 1. The van der Waals surface area contributed by atoms with Crippen molar-refractivity contribution in [2.45, 2.75) is 12.2 Å². The van der Waals surface area contributed by atoms with E-state index in [4.69, 9.17) is 0 Å². The van der Waals surface area contributed by atoms with E-state index in [1.807, 2.05) is 0 Å². The number of aliphatic hydroxyl groups excluding tert-OH is 1. The highest BCUT2D eigenvalue weighted by Crippen LogP contribution is 2.37.